The van der Waals surface area contributed by atoms with E-state index in [1.165, 1.54) is 0 Å². The second-order valence-electron chi connectivity index (χ2n) is 6.28. The summed E-state index contributed by atoms with van der Waals surface area (Å²) in [6, 6.07) is 7.83. The van der Waals surface area contributed by atoms with Crippen molar-refractivity contribution in [3.05, 3.63) is 24.3 Å². The number of nitrogens with one attached hydrogen (secondary N) is 1. The first kappa shape index (κ1) is 13.4. The van der Waals surface area contributed by atoms with Gasteiger partial charge >= 0.3 is 0 Å². The highest BCUT2D eigenvalue weighted by Gasteiger charge is 2.37. The lowest BCUT2D eigenvalue weighted by Gasteiger charge is -2.41. The molecule has 1 aromatic rings. The molecule has 0 aliphatic carbocycles. The van der Waals surface area contributed by atoms with Gasteiger partial charge in [0, 0.05) is 5.92 Å². The van der Waals surface area contributed by atoms with Crippen LogP contribution in [0.3, 0.4) is 0 Å². The number of nitrogens with zero attached hydrogens (tertiary/aromatic N) is 1. The normalized spacial score (nSPS) is 22.0. The van der Waals surface area contributed by atoms with Gasteiger partial charge in [0.2, 0.25) is 5.91 Å². The number of hydrogen-bond donors (Lipinski definition) is 1. The fourth-order valence-corrected chi connectivity index (χ4v) is 3.05. The average molecular weight is 274 g/mol. The molecule has 1 saturated heterocycles. The summed E-state index contributed by atoms with van der Waals surface area (Å²) < 4.78 is 5.98. The molecule has 0 aromatic heterocycles. The molecular weight excluding hydrogens is 252 g/mol. The maximum atomic E-state index is 12.8. The van der Waals surface area contributed by atoms with Gasteiger partial charge in [-0.15, -0.1) is 0 Å². The minimum atomic E-state index is -0.336. The first-order chi connectivity index (χ1) is 9.57. The summed E-state index contributed by atoms with van der Waals surface area (Å²) >= 11 is 0. The second kappa shape index (κ2) is 5.09. The molecule has 4 nitrogen and oxygen atoms in total. The summed E-state index contributed by atoms with van der Waals surface area (Å²) in [5.74, 6) is 1.19. The third-order valence-corrected chi connectivity index (χ3v) is 4.04. The number of rotatable bonds is 1. The van der Waals surface area contributed by atoms with Gasteiger partial charge in [-0.2, -0.15) is 0 Å². The van der Waals surface area contributed by atoms with Crippen LogP contribution in [-0.2, 0) is 4.79 Å². The van der Waals surface area contributed by atoms with Crippen molar-refractivity contribution in [2.24, 2.45) is 5.92 Å². The van der Waals surface area contributed by atoms with Crippen LogP contribution >= 0.6 is 0 Å². The number of para-hydroxylation sites is 2. The topological polar surface area (TPSA) is 41.6 Å². The molecule has 1 N–H and O–H groups in total. The standard InChI is InChI=1S/C16H22N2O2/c1-16(2)11-18(13-5-3-4-6-14(13)20-16)15(19)12-7-9-17-10-8-12/h3-6,12,17H,7-11H2,1-2H3. The quantitative estimate of drug-likeness (QED) is 0.853. The van der Waals surface area contributed by atoms with Crippen molar-refractivity contribution < 1.29 is 9.53 Å². The first-order valence-electron chi connectivity index (χ1n) is 7.37. The summed E-state index contributed by atoms with van der Waals surface area (Å²) in [6.45, 7) is 6.56. The van der Waals surface area contributed by atoms with E-state index in [0.29, 0.717) is 6.54 Å². The minimum absolute atomic E-state index is 0.137. The molecule has 0 unspecified atom stereocenters. The van der Waals surface area contributed by atoms with E-state index in [2.05, 4.69) is 5.32 Å². The van der Waals surface area contributed by atoms with Crippen LogP contribution < -0.4 is 15.0 Å². The molecule has 2 aliphatic heterocycles. The van der Waals surface area contributed by atoms with E-state index in [9.17, 15) is 4.79 Å². The van der Waals surface area contributed by atoms with Gasteiger partial charge in [-0.05, 0) is 51.9 Å². The van der Waals surface area contributed by atoms with Gasteiger partial charge in [0.1, 0.15) is 11.4 Å². The fraction of sp³-hybridized carbons (Fsp3) is 0.562. The number of carbonyl (C=O) groups is 1. The average Bonchev–Trinajstić information content (AvgIpc) is 2.45. The molecule has 2 heterocycles. The molecule has 1 fully saturated rings. The van der Waals surface area contributed by atoms with Crippen LogP contribution in [0, 0.1) is 5.92 Å². The molecule has 1 aromatic carbocycles. The third kappa shape index (κ3) is 2.52. The van der Waals surface area contributed by atoms with E-state index in [1.807, 2.05) is 43.0 Å². The molecule has 4 heteroatoms. The summed E-state index contributed by atoms with van der Waals surface area (Å²) in [6.07, 6.45) is 1.86. The maximum Gasteiger partial charge on any atom is 0.230 e. The number of carbonyl (C=O) groups excluding carboxylic acids is 1. The Labute approximate surface area is 120 Å². The lowest BCUT2D eigenvalue weighted by Crippen LogP contribution is -2.52. The van der Waals surface area contributed by atoms with Gasteiger partial charge in [-0.1, -0.05) is 12.1 Å². The minimum Gasteiger partial charge on any atom is -0.484 e. The van der Waals surface area contributed by atoms with Crippen molar-refractivity contribution >= 4 is 11.6 Å². The molecule has 2 aliphatic rings. The van der Waals surface area contributed by atoms with Crippen molar-refractivity contribution in [3.8, 4) is 5.75 Å². The van der Waals surface area contributed by atoms with Crippen molar-refractivity contribution in [2.45, 2.75) is 32.3 Å². The second-order valence-corrected chi connectivity index (χ2v) is 6.28. The molecule has 0 radical (unpaired) electrons. The van der Waals surface area contributed by atoms with Crippen molar-refractivity contribution in [1.82, 2.24) is 5.32 Å². The predicted molar refractivity (Wildman–Crippen MR) is 79.1 cm³/mol. The number of hydrogen-bond acceptors (Lipinski definition) is 3. The Kier molecular flexibility index (Phi) is 3.42. The van der Waals surface area contributed by atoms with Gasteiger partial charge in [0.05, 0.1) is 12.2 Å². The number of anilines is 1. The third-order valence-electron chi connectivity index (χ3n) is 4.04. The predicted octanol–water partition coefficient (Wildman–Crippen LogP) is 2.19. The van der Waals surface area contributed by atoms with Gasteiger partial charge in [-0.3, -0.25) is 4.79 Å². The molecule has 0 spiro atoms. The zero-order chi connectivity index (χ0) is 14.2. The molecule has 0 atom stereocenters. The number of amides is 1. The van der Waals surface area contributed by atoms with Crippen LogP contribution in [0.1, 0.15) is 26.7 Å². The molecule has 0 bridgehead atoms. The van der Waals surface area contributed by atoms with E-state index in [4.69, 9.17) is 4.74 Å². The highest BCUT2D eigenvalue weighted by Crippen LogP contribution is 2.37. The zero-order valence-electron chi connectivity index (χ0n) is 12.2. The molecule has 108 valence electrons. The van der Waals surface area contributed by atoms with Crippen LogP contribution in [0.5, 0.6) is 5.75 Å². The van der Waals surface area contributed by atoms with Crippen LogP contribution in [-0.4, -0.2) is 31.1 Å². The smallest absolute Gasteiger partial charge is 0.230 e. The largest absolute Gasteiger partial charge is 0.484 e. The number of benzene rings is 1. The Balaban J connectivity index is 1.89. The van der Waals surface area contributed by atoms with E-state index in [0.717, 1.165) is 37.4 Å². The Morgan fingerprint density at radius 3 is 2.75 bits per heavy atom. The van der Waals surface area contributed by atoms with Gasteiger partial charge in [0.15, 0.2) is 0 Å². The van der Waals surface area contributed by atoms with Gasteiger partial charge in [-0.25, -0.2) is 0 Å². The highest BCUT2D eigenvalue weighted by atomic mass is 16.5. The molecule has 1 amide bonds. The molecule has 20 heavy (non-hydrogen) atoms. The molecular formula is C16H22N2O2. The number of fused-ring (bicyclic) bond motifs is 1. The van der Waals surface area contributed by atoms with Gasteiger partial charge < -0.3 is 15.0 Å². The van der Waals surface area contributed by atoms with Gasteiger partial charge in [0.25, 0.3) is 0 Å². The summed E-state index contributed by atoms with van der Waals surface area (Å²) in [5.41, 5.74) is 0.576. The molecule has 3 rings (SSSR count). The van der Waals surface area contributed by atoms with E-state index in [1.54, 1.807) is 0 Å². The highest BCUT2D eigenvalue weighted by molar-refractivity contribution is 5.97. The van der Waals surface area contributed by atoms with Crippen LogP contribution in [0.25, 0.3) is 0 Å². The monoisotopic (exact) mass is 274 g/mol. The van der Waals surface area contributed by atoms with E-state index >= 15 is 0 Å². The summed E-state index contributed by atoms with van der Waals surface area (Å²) in [7, 11) is 0. The Morgan fingerprint density at radius 1 is 1.30 bits per heavy atom. The van der Waals surface area contributed by atoms with Crippen LogP contribution in [0.15, 0.2) is 24.3 Å². The Hall–Kier alpha value is -1.55. The number of piperidine rings is 1. The Bertz CT molecular complexity index is 507. The van der Waals surface area contributed by atoms with Crippen molar-refractivity contribution in [1.29, 1.82) is 0 Å². The lowest BCUT2D eigenvalue weighted by molar-refractivity contribution is -0.124. The van der Waals surface area contributed by atoms with Crippen molar-refractivity contribution in [3.63, 3.8) is 0 Å². The first-order valence-corrected chi connectivity index (χ1v) is 7.37. The maximum absolute atomic E-state index is 12.8. The van der Waals surface area contributed by atoms with Crippen LogP contribution in [0.2, 0.25) is 0 Å². The Morgan fingerprint density at radius 2 is 2.00 bits per heavy atom. The molecule has 0 saturated carbocycles. The zero-order valence-corrected chi connectivity index (χ0v) is 12.2. The summed E-state index contributed by atoms with van der Waals surface area (Å²) in [5, 5.41) is 3.31. The number of ether oxygens (including phenoxy) is 1. The van der Waals surface area contributed by atoms with Crippen LogP contribution in [0.4, 0.5) is 5.69 Å². The fourth-order valence-electron chi connectivity index (χ4n) is 3.05. The van der Waals surface area contributed by atoms with E-state index < -0.39 is 0 Å². The van der Waals surface area contributed by atoms with Crippen molar-refractivity contribution in [2.75, 3.05) is 24.5 Å². The lowest BCUT2D eigenvalue weighted by atomic mass is 9.94. The SMILES string of the molecule is CC1(C)CN(C(=O)C2CCNCC2)c2ccccc2O1. The van der Waals surface area contributed by atoms with E-state index in [-0.39, 0.29) is 17.4 Å². The summed E-state index contributed by atoms with van der Waals surface area (Å²) in [4.78, 5) is 14.8.